The van der Waals surface area contributed by atoms with E-state index in [4.69, 9.17) is 5.73 Å². The third-order valence-electron chi connectivity index (χ3n) is 3.03. The van der Waals surface area contributed by atoms with Crippen LogP contribution in [0, 0.1) is 5.41 Å². The zero-order valence-electron chi connectivity index (χ0n) is 13.4. The Morgan fingerprint density at radius 1 is 1.05 bits per heavy atom. The first-order valence-corrected chi connectivity index (χ1v) is 7.18. The van der Waals surface area contributed by atoms with Crippen molar-refractivity contribution in [3.05, 3.63) is 29.8 Å². The number of halogens is 1. The third kappa shape index (κ3) is 7.88. The SMILES string of the molecule is CC(C)(C)C(=O)NCCC(=O)NCCc1ccc(N)cc1.Cl. The molecule has 1 rings (SSSR count). The van der Waals surface area contributed by atoms with Crippen molar-refractivity contribution in [1.29, 1.82) is 0 Å². The molecule has 0 aliphatic carbocycles. The van der Waals surface area contributed by atoms with Gasteiger partial charge in [0.05, 0.1) is 0 Å². The van der Waals surface area contributed by atoms with Crippen molar-refractivity contribution in [2.24, 2.45) is 5.41 Å². The number of amides is 2. The number of anilines is 1. The molecule has 0 saturated heterocycles. The predicted molar refractivity (Wildman–Crippen MR) is 91.9 cm³/mol. The van der Waals surface area contributed by atoms with Gasteiger partial charge in [0.2, 0.25) is 11.8 Å². The molecule has 124 valence electrons. The molecule has 1 aromatic carbocycles. The number of rotatable bonds is 6. The highest BCUT2D eigenvalue weighted by Gasteiger charge is 2.20. The van der Waals surface area contributed by atoms with Gasteiger partial charge < -0.3 is 16.4 Å². The Labute approximate surface area is 138 Å². The lowest BCUT2D eigenvalue weighted by atomic mass is 9.96. The van der Waals surface area contributed by atoms with Gasteiger partial charge in [-0.05, 0) is 24.1 Å². The zero-order valence-corrected chi connectivity index (χ0v) is 14.3. The van der Waals surface area contributed by atoms with E-state index in [1.165, 1.54) is 0 Å². The van der Waals surface area contributed by atoms with Crippen LogP contribution < -0.4 is 16.4 Å². The highest BCUT2D eigenvalue weighted by Crippen LogP contribution is 2.12. The van der Waals surface area contributed by atoms with E-state index < -0.39 is 5.41 Å². The molecule has 0 bridgehead atoms. The second-order valence-corrected chi connectivity index (χ2v) is 6.10. The molecule has 5 nitrogen and oxygen atoms in total. The van der Waals surface area contributed by atoms with Gasteiger partial charge in [0.1, 0.15) is 0 Å². The summed E-state index contributed by atoms with van der Waals surface area (Å²) < 4.78 is 0. The van der Waals surface area contributed by atoms with Crippen molar-refractivity contribution < 1.29 is 9.59 Å². The Morgan fingerprint density at radius 2 is 1.64 bits per heavy atom. The quantitative estimate of drug-likeness (QED) is 0.698. The maximum Gasteiger partial charge on any atom is 0.225 e. The van der Waals surface area contributed by atoms with Crippen LogP contribution in [0.15, 0.2) is 24.3 Å². The summed E-state index contributed by atoms with van der Waals surface area (Å²) in [4.78, 5) is 23.3. The maximum atomic E-state index is 11.6. The van der Waals surface area contributed by atoms with E-state index in [0.29, 0.717) is 19.5 Å². The summed E-state index contributed by atoms with van der Waals surface area (Å²) in [5, 5.41) is 5.59. The lowest BCUT2D eigenvalue weighted by molar-refractivity contribution is -0.128. The Bertz CT molecular complexity index is 481. The first-order valence-electron chi connectivity index (χ1n) is 7.18. The lowest BCUT2D eigenvalue weighted by Crippen LogP contribution is -2.37. The van der Waals surface area contributed by atoms with Crippen LogP contribution in [0.25, 0.3) is 0 Å². The molecule has 0 unspecified atom stereocenters. The highest BCUT2D eigenvalue weighted by atomic mass is 35.5. The van der Waals surface area contributed by atoms with Crippen molar-refractivity contribution in [1.82, 2.24) is 10.6 Å². The smallest absolute Gasteiger partial charge is 0.225 e. The van der Waals surface area contributed by atoms with Crippen molar-refractivity contribution in [2.75, 3.05) is 18.8 Å². The molecule has 0 radical (unpaired) electrons. The highest BCUT2D eigenvalue weighted by molar-refractivity contribution is 5.85. The number of carbonyl (C=O) groups is 2. The zero-order chi connectivity index (χ0) is 15.9. The molecule has 0 atom stereocenters. The fourth-order valence-corrected chi connectivity index (χ4v) is 1.67. The summed E-state index contributed by atoms with van der Waals surface area (Å²) >= 11 is 0. The minimum absolute atomic E-state index is 0. The van der Waals surface area contributed by atoms with Crippen LogP contribution in [-0.4, -0.2) is 24.9 Å². The van der Waals surface area contributed by atoms with Crippen molar-refractivity contribution in [3.63, 3.8) is 0 Å². The predicted octanol–water partition coefficient (Wildman–Crippen LogP) is 1.90. The van der Waals surface area contributed by atoms with Gasteiger partial charge in [-0.2, -0.15) is 0 Å². The molecule has 22 heavy (non-hydrogen) atoms. The van der Waals surface area contributed by atoms with Crippen LogP contribution in [-0.2, 0) is 16.0 Å². The van der Waals surface area contributed by atoms with Crippen LogP contribution in [0.2, 0.25) is 0 Å². The van der Waals surface area contributed by atoms with E-state index in [1.54, 1.807) is 0 Å². The largest absolute Gasteiger partial charge is 0.399 e. The number of benzene rings is 1. The number of carbonyl (C=O) groups excluding carboxylic acids is 2. The first-order chi connectivity index (χ1) is 9.79. The number of nitrogens with two attached hydrogens (primary N) is 1. The second kappa shape index (κ2) is 9.30. The van der Waals surface area contributed by atoms with E-state index >= 15 is 0 Å². The molecule has 0 fully saturated rings. The molecule has 0 aliphatic rings. The normalized spacial score (nSPS) is 10.5. The van der Waals surface area contributed by atoms with Crippen LogP contribution in [0.3, 0.4) is 0 Å². The first kappa shape index (κ1) is 20.2. The maximum absolute atomic E-state index is 11.6. The lowest BCUT2D eigenvalue weighted by Gasteiger charge is -2.17. The number of hydrogen-bond donors (Lipinski definition) is 3. The molecule has 1 aromatic rings. The van der Waals surface area contributed by atoms with Gasteiger partial charge in [0, 0.05) is 30.6 Å². The summed E-state index contributed by atoms with van der Waals surface area (Å²) in [6.07, 6.45) is 1.06. The van der Waals surface area contributed by atoms with Crippen LogP contribution in [0.1, 0.15) is 32.8 Å². The minimum atomic E-state index is -0.425. The molecule has 6 heteroatoms. The van der Waals surface area contributed by atoms with Crippen LogP contribution >= 0.6 is 12.4 Å². The summed E-state index contributed by atoms with van der Waals surface area (Å²) in [6, 6.07) is 7.59. The topological polar surface area (TPSA) is 84.2 Å². The summed E-state index contributed by atoms with van der Waals surface area (Å²) in [5.41, 5.74) is 7.05. The number of hydrogen-bond acceptors (Lipinski definition) is 3. The molecule has 4 N–H and O–H groups in total. The van der Waals surface area contributed by atoms with E-state index in [1.807, 2.05) is 45.0 Å². The van der Waals surface area contributed by atoms with Gasteiger partial charge in [-0.3, -0.25) is 9.59 Å². The number of nitrogens with one attached hydrogen (secondary N) is 2. The molecule has 2 amide bonds. The van der Waals surface area contributed by atoms with E-state index in [-0.39, 0.29) is 24.2 Å². The fraction of sp³-hybridized carbons (Fsp3) is 0.500. The Balaban J connectivity index is 0.00000441. The summed E-state index contributed by atoms with van der Waals surface area (Å²) in [5.74, 6) is -0.100. The van der Waals surface area contributed by atoms with E-state index in [2.05, 4.69) is 10.6 Å². The van der Waals surface area contributed by atoms with Gasteiger partial charge in [-0.1, -0.05) is 32.9 Å². The number of nitrogen functional groups attached to an aromatic ring is 1. The standard InChI is InChI=1S/C16H25N3O2.ClH/c1-16(2,3)15(21)19-11-9-14(20)18-10-8-12-4-6-13(17)7-5-12;/h4-7H,8-11,17H2,1-3H3,(H,18,20)(H,19,21);1H. The summed E-state index contributed by atoms with van der Waals surface area (Å²) in [7, 11) is 0. The van der Waals surface area contributed by atoms with Crippen LogP contribution in [0.4, 0.5) is 5.69 Å². The Morgan fingerprint density at radius 3 is 2.18 bits per heavy atom. The molecule has 0 heterocycles. The molecule has 0 saturated carbocycles. The molecular formula is C16H26ClN3O2. The summed E-state index contributed by atoms with van der Waals surface area (Å²) in [6.45, 7) is 6.47. The Hall–Kier alpha value is -1.75. The molecule has 0 aromatic heterocycles. The van der Waals surface area contributed by atoms with Gasteiger partial charge in [0.25, 0.3) is 0 Å². The van der Waals surface area contributed by atoms with Crippen molar-refractivity contribution >= 4 is 29.9 Å². The second-order valence-electron chi connectivity index (χ2n) is 6.10. The monoisotopic (exact) mass is 327 g/mol. The molecule has 0 spiro atoms. The van der Waals surface area contributed by atoms with Gasteiger partial charge >= 0.3 is 0 Å². The van der Waals surface area contributed by atoms with Crippen molar-refractivity contribution in [3.8, 4) is 0 Å². The van der Waals surface area contributed by atoms with Gasteiger partial charge in [-0.15, -0.1) is 12.4 Å². The minimum Gasteiger partial charge on any atom is -0.399 e. The van der Waals surface area contributed by atoms with Crippen LogP contribution in [0.5, 0.6) is 0 Å². The van der Waals surface area contributed by atoms with Crippen molar-refractivity contribution in [2.45, 2.75) is 33.6 Å². The van der Waals surface area contributed by atoms with Gasteiger partial charge in [0.15, 0.2) is 0 Å². The Kier molecular flexibility index (Phi) is 8.56. The van der Waals surface area contributed by atoms with E-state index in [9.17, 15) is 9.59 Å². The average Bonchev–Trinajstić information content (AvgIpc) is 2.40. The van der Waals surface area contributed by atoms with E-state index in [0.717, 1.165) is 17.7 Å². The van der Waals surface area contributed by atoms with Gasteiger partial charge in [-0.25, -0.2) is 0 Å². The fourth-order valence-electron chi connectivity index (χ4n) is 1.67. The average molecular weight is 328 g/mol. The third-order valence-corrected chi connectivity index (χ3v) is 3.03. The molecular weight excluding hydrogens is 302 g/mol. The molecule has 0 aliphatic heterocycles.